The van der Waals surface area contributed by atoms with Crippen LogP contribution in [0.4, 0.5) is 0 Å². The van der Waals surface area contributed by atoms with Gasteiger partial charge in [-0.25, -0.2) is 9.97 Å². The Balaban J connectivity index is 2.88. The molecule has 0 spiro atoms. The maximum Gasteiger partial charge on any atom is 0.171 e. The Morgan fingerprint density at radius 3 is 3.20 bits per heavy atom. The Morgan fingerprint density at radius 2 is 2.40 bits per heavy atom. The Hall–Kier alpha value is -0.480. The lowest BCUT2D eigenvalue weighted by atomic mass is 10.5. The second-order valence-electron chi connectivity index (χ2n) is 1.79. The molecule has 0 amide bonds. The molecule has 10 heavy (non-hydrogen) atoms. The lowest BCUT2D eigenvalue weighted by Gasteiger charge is -1.79. The molecule has 0 unspecified atom stereocenters. The summed E-state index contributed by atoms with van der Waals surface area (Å²) in [5.74, 6) is 0. The van der Waals surface area contributed by atoms with Crippen molar-refractivity contribution in [2.45, 2.75) is 0 Å². The van der Waals surface area contributed by atoms with E-state index in [1.54, 1.807) is 17.5 Å². The number of hydrogen-bond donors (Lipinski definition) is 0. The minimum Gasteiger partial charge on any atom is -0.236 e. The maximum absolute atomic E-state index is 4.14. The molecule has 0 aliphatic heterocycles. The molecule has 2 rings (SSSR count). The fourth-order valence-electron chi connectivity index (χ4n) is 0.743. The van der Waals surface area contributed by atoms with Gasteiger partial charge in [0.2, 0.25) is 0 Å². The van der Waals surface area contributed by atoms with Crippen LogP contribution >= 0.6 is 27.3 Å². The van der Waals surface area contributed by atoms with Crippen LogP contribution in [-0.4, -0.2) is 9.97 Å². The third kappa shape index (κ3) is 0.932. The van der Waals surface area contributed by atoms with Gasteiger partial charge < -0.3 is 0 Å². The molecule has 2 aromatic heterocycles. The smallest absolute Gasteiger partial charge is 0.171 e. The predicted molar refractivity (Wildman–Crippen MR) is 45.1 cm³/mol. The molecule has 0 fully saturated rings. The monoisotopic (exact) mass is 214 g/mol. The molecule has 0 aliphatic rings. The summed E-state index contributed by atoms with van der Waals surface area (Å²) in [5.41, 5.74) is 0.819. The van der Waals surface area contributed by atoms with E-state index >= 15 is 0 Å². The molecule has 2 nitrogen and oxygen atoms in total. The minimum absolute atomic E-state index is 0.819. The van der Waals surface area contributed by atoms with Crippen molar-refractivity contribution in [3.63, 3.8) is 0 Å². The zero-order chi connectivity index (χ0) is 6.97. The van der Waals surface area contributed by atoms with Crippen molar-refractivity contribution >= 4 is 37.6 Å². The van der Waals surface area contributed by atoms with E-state index in [0.29, 0.717) is 0 Å². The summed E-state index contributed by atoms with van der Waals surface area (Å²) in [4.78, 5) is 8.21. The first-order valence-corrected chi connectivity index (χ1v) is 4.34. The molecule has 2 aromatic rings. The molecule has 0 saturated heterocycles. The highest BCUT2D eigenvalue weighted by Gasteiger charge is 1.98. The van der Waals surface area contributed by atoms with Gasteiger partial charge in [0.15, 0.2) is 9.56 Å². The van der Waals surface area contributed by atoms with Gasteiger partial charge in [0.05, 0.1) is 4.70 Å². The number of pyridine rings is 1. The third-order valence-electron chi connectivity index (χ3n) is 1.14. The van der Waals surface area contributed by atoms with Crippen molar-refractivity contribution in [1.29, 1.82) is 0 Å². The lowest BCUT2D eigenvalue weighted by Crippen LogP contribution is -1.70. The number of thiazole rings is 1. The normalized spacial score (nSPS) is 10.5. The fraction of sp³-hybridized carbons (Fsp3) is 0. The minimum atomic E-state index is 0.819. The van der Waals surface area contributed by atoms with Gasteiger partial charge in [-0.05, 0) is 28.1 Å². The molecule has 0 aromatic carbocycles. The average molecular weight is 215 g/mol. The van der Waals surface area contributed by atoms with Gasteiger partial charge in [-0.15, -0.1) is 11.3 Å². The summed E-state index contributed by atoms with van der Waals surface area (Å²) in [6.07, 6.45) is 1.74. The number of fused-ring (bicyclic) bond motifs is 1. The Labute approximate surface area is 70.1 Å². The van der Waals surface area contributed by atoms with Crippen LogP contribution in [0.3, 0.4) is 0 Å². The second-order valence-corrected chi connectivity index (χ2v) is 4.10. The van der Waals surface area contributed by atoms with Crippen LogP contribution in [0.1, 0.15) is 0 Å². The predicted octanol–water partition coefficient (Wildman–Crippen LogP) is 2.45. The number of halogens is 1. The summed E-state index contributed by atoms with van der Waals surface area (Å²) < 4.78 is 2.01. The second kappa shape index (κ2) is 2.29. The van der Waals surface area contributed by atoms with Crippen LogP contribution in [0.25, 0.3) is 10.3 Å². The zero-order valence-electron chi connectivity index (χ0n) is 4.91. The van der Waals surface area contributed by atoms with Gasteiger partial charge in [0.1, 0.15) is 0 Å². The summed E-state index contributed by atoms with van der Waals surface area (Å²) in [6.45, 7) is 0. The van der Waals surface area contributed by atoms with Gasteiger partial charge in [-0.1, -0.05) is 0 Å². The summed E-state index contributed by atoms with van der Waals surface area (Å²) in [6, 6.07) is 3.91. The number of aromatic nitrogens is 2. The highest BCUT2D eigenvalue weighted by Crippen LogP contribution is 2.23. The first-order valence-electron chi connectivity index (χ1n) is 2.73. The SMILES string of the molecule is Brc1nc2ncccc2s1. The number of rotatable bonds is 0. The standard InChI is InChI=1S/C6H3BrN2S/c7-6-9-5-4(10-6)2-1-3-8-5/h1-3H. The van der Waals surface area contributed by atoms with E-state index in [1.165, 1.54) is 0 Å². The average Bonchev–Trinajstić information content (AvgIpc) is 2.27. The summed E-state index contributed by atoms with van der Waals surface area (Å²) in [5, 5.41) is 0. The van der Waals surface area contributed by atoms with E-state index in [2.05, 4.69) is 25.9 Å². The van der Waals surface area contributed by atoms with Crippen LogP contribution in [0.15, 0.2) is 22.2 Å². The number of nitrogens with zero attached hydrogens (tertiary/aromatic N) is 2. The van der Waals surface area contributed by atoms with Crippen LogP contribution in [0, 0.1) is 0 Å². The molecule has 0 aliphatic carbocycles. The number of hydrogen-bond acceptors (Lipinski definition) is 3. The molecule has 2 heterocycles. The van der Waals surface area contributed by atoms with Crippen LogP contribution < -0.4 is 0 Å². The first kappa shape index (κ1) is 6.24. The van der Waals surface area contributed by atoms with Gasteiger partial charge in [0.25, 0.3) is 0 Å². The van der Waals surface area contributed by atoms with E-state index in [4.69, 9.17) is 0 Å². The Bertz CT molecular complexity index is 324. The fourth-order valence-corrected chi connectivity index (χ4v) is 2.08. The molecule has 0 saturated carbocycles. The van der Waals surface area contributed by atoms with E-state index < -0.39 is 0 Å². The third-order valence-corrected chi connectivity index (χ3v) is 2.60. The van der Waals surface area contributed by atoms with Crippen molar-refractivity contribution in [2.24, 2.45) is 0 Å². The van der Waals surface area contributed by atoms with E-state index in [9.17, 15) is 0 Å². The van der Waals surface area contributed by atoms with E-state index in [-0.39, 0.29) is 0 Å². The summed E-state index contributed by atoms with van der Waals surface area (Å²) in [7, 11) is 0. The van der Waals surface area contributed by atoms with Crippen LogP contribution in [0.2, 0.25) is 0 Å². The Morgan fingerprint density at radius 1 is 1.50 bits per heavy atom. The van der Waals surface area contributed by atoms with Crippen LogP contribution in [-0.2, 0) is 0 Å². The first-order chi connectivity index (χ1) is 4.86. The van der Waals surface area contributed by atoms with E-state index in [0.717, 1.165) is 14.3 Å². The van der Waals surface area contributed by atoms with Crippen molar-refractivity contribution in [2.75, 3.05) is 0 Å². The Kier molecular flexibility index (Phi) is 1.43. The van der Waals surface area contributed by atoms with Gasteiger partial charge in [0, 0.05) is 6.20 Å². The maximum atomic E-state index is 4.14. The lowest BCUT2D eigenvalue weighted by molar-refractivity contribution is 1.31. The zero-order valence-corrected chi connectivity index (χ0v) is 7.32. The highest BCUT2D eigenvalue weighted by molar-refractivity contribution is 9.11. The van der Waals surface area contributed by atoms with Crippen molar-refractivity contribution in [1.82, 2.24) is 9.97 Å². The van der Waals surface area contributed by atoms with E-state index in [1.807, 2.05) is 12.1 Å². The molecule has 0 bridgehead atoms. The van der Waals surface area contributed by atoms with Gasteiger partial charge in [-0.2, -0.15) is 0 Å². The molecule has 50 valence electrons. The van der Waals surface area contributed by atoms with Gasteiger partial charge >= 0.3 is 0 Å². The molecule has 0 N–H and O–H groups in total. The van der Waals surface area contributed by atoms with Crippen molar-refractivity contribution < 1.29 is 0 Å². The summed E-state index contributed by atoms with van der Waals surface area (Å²) >= 11 is 4.89. The van der Waals surface area contributed by atoms with Gasteiger partial charge in [-0.3, -0.25) is 0 Å². The van der Waals surface area contributed by atoms with Crippen LogP contribution in [0.5, 0.6) is 0 Å². The largest absolute Gasteiger partial charge is 0.236 e. The molecule has 0 radical (unpaired) electrons. The molecular weight excluding hydrogens is 212 g/mol. The van der Waals surface area contributed by atoms with Crippen molar-refractivity contribution in [3.8, 4) is 0 Å². The molecule has 0 atom stereocenters. The highest BCUT2D eigenvalue weighted by atomic mass is 79.9. The topological polar surface area (TPSA) is 25.8 Å². The van der Waals surface area contributed by atoms with Crippen molar-refractivity contribution in [3.05, 3.63) is 22.2 Å². The molecule has 4 heteroatoms. The quantitative estimate of drug-likeness (QED) is 0.674. The molecular formula is C6H3BrN2S.